The van der Waals surface area contributed by atoms with Crippen LogP contribution in [0.1, 0.15) is 39.5 Å². The maximum absolute atomic E-state index is 11.3. The predicted octanol–water partition coefficient (Wildman–Crippen LogP) is 0.272. The Morgan fingerprint density at radius 1 is 1.18 bits per heavy atom. The molecule has 0 aliphatic carbocycles. The second-order valence-corrected chi connectivity index (χ2v) is 3.92. The van der Waals surface area contributed by atoms with Crippen molar-refractivity contribution in [1.29, 1.82) is 0 Å². The lowest BCUT2D eigenvalue weighted by molar-refractivity contribution is -0.141. The molecule has 0 aliphatic heterocycles. The summed E-state index contributed by atoms with van der Waals surface area (Å²) in [7, 11) is 0. The van der Waals surface area contributed by atoms with E-state index in [9.17, 15) is 14.4 Å². The van der Waals surface area contributed by atoms with Gasteiger partial charge in [0.2, 0.25) is 11.8 Å². The number of carboxylic acids is 1. The van der Waals surface area contributed by atoms with Gasteiger partial charge in [0.15, 0.2) is 0 Å². The number of carbonyl (C=O) groups is 3. The topological polar surface area (TPSA) is 95.5 Å². The molecule has 0 aliphatic rings. The molecule has 0 unspecified atom stereocenters. The van der Waals surface area contributed by atoms with Gasteiger partial charge in [-0.1, -0.05) is 6.42 Å². The number of unbranched alkanes of at least 4 members (excludes halogenated alkanes) is 2. The van der Waals surface area contributed by atoms with Crippen molar-refractivity contribution in [2.75, 3.05) is 6.54 Å². The zero-order valence-electron chi connectivity index (χ0n) is 10.3. The van der Waals surface area contributed by atoms with E-state index in [2.05, 4.69) is 10.6 Å². The SMILES string of the molecule is CC(=O)NCCCCCC(=O)N[C@@H](C)C(=O)O. The van der Waals surface area contributed by atoms with Gasteiger partial charge in [0.25, 0.3) is 0 Å². The van der Waals surface area contributed by atoms with Crippen LogP contribution in [-0.2, 0) is 14.4 Å². The lowest BCUT2D eigenvalue weighted by Crippen LogP contribution is -2.38. The third-order valence-electron chi connectivity index (χ3n) is 2.20. The van der Waals surface area contributed by atoms with Crippen molar-refractivity contribution < 1.29 is 19.5 Å². The quantitative estimate of drug-likeness (QED) is 0.534. The average molecular weight is 244 g/mol. The van der Waals surface area contributed by atoms with Crippen LogP contribution in [0.2, 0.25) is 0 Å². The van der Waals surface area contributed by atoms with Crippen LogP contribution in [0.15, 0.2) is 0 Å². The molecule has 6 nitrogen and oxygen atoms in total. The molecule has 0 spiro atoms. The maximum Gasteiger partial charge on any atom is 0.325 e. The number of nitrogens with one attached hydrogen (secondary N) is 2. The van der Waals surface area contributed by atoms with Crippen LogP contribution in [0.4, 0.5) is 0 Å². The van der Waals surface area contributed by atoms with Gasteiger partial charge in [-0.25, -0.2) is 0 Å². The van der Waals surface area contributed by atoms with Crippen molar-refractivity contribution in [3.05, 3.63) is 0 Å². The average Bonchev–Trinajstić information content (AvgIpc) is 2.22. The zero-order valence-corrected chi connectivity index (χ0v) is 10.3. The Balaban J connectivity index is 3.45. The first kappa shape index (κ1) is 15.4. The molecule has 0 bridgehead atoms. The standard InChI is InChI=1S/C11H20N2O4/c1-8(11(16)17)13-10(15)6-4-3-5-7-12-9(2)14/h8H,3-7H2,1-2H3,(H,12,14)(H,13,15)(H,16,17)/t8-/m0/s1. The van der Waals surface area contributed by atoms with E-state index in [0.717, 1.165) is 12.8 Å². The van der Waals surface area contributed by atoms with Crippen molar-refractivity contribution >= 4 is 17.8 Å². The number of hydrogen-bond donors (Lipinski definition) is 3. The summed E-state index contributed by atoms with van der Waals surface area (Å²) in [6.45, 7) is 3.50. The molecular formula is C11H20N2O4. The van der Waals surface area contributed by atoms with Gasteiger partial charge in [-0.15, -0.1) is 0 Å². The fraction of sp³-hybridized carbons (Fsp3) is 0.727. The van der Waals surface area contributed by atoms with E-state index in [-0.39, 0.29) is 11.8 Å². The molecule has 6 heteroatoms. The van der Waals surface area contributed by atoms with E-state index in [1.165, 1.54) is 13.8 Å². The normalized spacial score (nSPS) is 11.6. The summed E-state index contributed by atoms with van der Waals surface area (Å²) < 4.78 is 0. The molecule has 0 aromatic heterocycles. The molecule has 0 rings (SSSR count). The number of aliphatic carboxylic acids is 1. The number of amides is 2. The van der Waals surface area contributed by atoms with Crippen molar-refractivity contribution in [3.63, 3.8) is 0 Å². The highest BCUT2D eigenvalue weighted by atomic mass is 16.4. The van der Waals surface area contributed by atoms with Crippen LogP contribution in [0.5, 0.6) is 0 Å². The van der Waals surface area contributed by atoms with E-state index < -0.39 is 12.0 Å². The Morgan fingerprint density at radius 3 is 2.35 bits per heavy atom. The van der Waals surface area contributed by atoms with Gasteiger partial charge >= 0.3 is 5.97 Å². The highest BCUT2D eigenvalue weighted by Gasteiger charge is 2.12. The number of rotatable bonds is 8. The van der Waals surface area contributed by atoms with E-state index in [4.69, 9.17) is 5.11 Å². The lowest BCUT2D eigenvalue weighted by atomic mass is 10.2. The molecular weight excluding hydrogens is 224 g/mol. The summed E-state index contributed by atoms with van der Waals surface area (Å²) in [5, 5.41) is 13.6. The Labute approximate surface area is 101 Å². The summed E-state index contributed by atoms with van der Waals surface area (Å²) in [5.41, 5.74) is 0. The molecule has 0 aromatic rings. The Bertz CT molecular complexity index is 279. The van der Waals surface area contributed by atoms with Crippen LogP contribution in [0, 0.1) is 0 Å². The fourth-order valence-corrected chi connectivity index (χ4v) is 1.23. The summed E-state index contributed by atoms with van der Waals surface area (Å²) in [6.07, 6.45) is 2.66. The largest absolute Gasteiger partial charge is 0.480 e. The summed E-state index contributed by atoms with van der Waals surface area (Å²) in [5.74, 6) is -1.35. The van der Waals surface area contributed by atoms with E-state index >= 15 is 0 Å². The van der Waals surface area contributed by atoms with Crippen LogP contribution in [0.25, 0.3) is 0 Å². The molecule has 17 heavy (non-hydrogen) atoms. The first-order valence-electron chi connectivity index (χ1n) is 5.70. The van der Waals surface area contributed by atoms with Crippen molar-refractivity contribution in [1.82, 2.24) is 10.6 Å². The third kappa shape index (κ3) is 9.35. The molecule has 0 heterocycles. The van der Waals surface area contributed by atoms with Crippen molar-refractivity contribution in [2.45, 2.75) is 45.6 Å². The molecule has 0 radical (unpaired) electrons. The molecule has 0 aromatic carbocycles. The highest BCUT2D eigenvalue weighted by molar-refractivity contribution is 5.83. The third-order valence-corrected chi connectivity index (χ3v) is 2.20. The summed E-state index contributed by atoms with van der Waals surface area (Å²) in [4.78, 5) is 32.3. The van der Waals surface area contributed by atoms with Gasteiger partial charge in [-0.3, -0.25) is 14.4 Å². The van der Waals surface area contributed by atoms with Gasteiger partial charge in [0.1, 0.15) is 6.04 Å². The Hall–Kier alpha value is -1.59. The molecule has 2 amide bonds. The lowest BCUT2D eigenvalue weighted by Gasteiger charge is -2.08. The zero-order chi connectivity index (χ0) is 13.3. The van der Waals surface area contributed by atoms with Gasteiger partial charge < -0.3 is 15.7 Å². The van der Waals surface area contributed by atoms with Gasteiger partial charge in [0, 0.05) is 19.9 Å². The minimum atomic E-state index is -1.04. The highest BCUT2D eigenvalue weighted by Crippen LogP contribution is 1.99. The van der Waals surface area contributed by atoms with Gasteiger partial charge in [-0.2, -0.15) is 0 Å². The molecule has 98 valence electrons. The summed E-state index contributed by atoms with van der Waals surface area (Å²) in [6, 6.07) is -0.845. The van der Waals surface area contributed by atoms with Crippen molar-refractivity contribution in [3.8, 4) is 0 Å². The van der Waals surface area contributed by atoms with Gasteiger partial charge in [0.05, 0.1) is 0 Å². The van der Waals surface area contributed by atoms with Crippen LogP contribution < -0.4 is 10.6 Å². The van der Waals surface area contributed by atoms with E-state index in [1.54, 1.807) is 0 Å². The molecule has 0 saturated heterocycles. The molecule has 1 atom stereocenters. The second-order valence-electron chi connectivity index (χ2n) is 3.92. The number of hydrogen-bond acceptors (Lipinski definition) is 3. The first-order valence-corrected chi connectivity index (χ1v) is 5.70. The Kier molecular flexibility index (Phi) is 7.75. The molecule has 3 N–H and O–H groups in total. The fourth-order valence-electron chi connectivity index (χ4n) is 1.23. The van der Waals surface area contributed by atoms with Crippen LogP contribution in [0.3, 0.4) is 0 Å². The Morgan fingerprint density at radius 2 is 1.82 bits per heavy atom. The molecule has 0 fully saturated rings. The monoisotopic (exact) mass is 244 g/mol. The molecule has 0 saturated carbocycles. The van der Waals surface area contributed by atoms with E-state index in [0.29, 0.717) is 19.4 Å². The smallest absolute Gasteiger partial charge is 0.325 e. The second kappa shape index (κ2) is 8.55. The van der Waals surface area contributed by atoms with Crippen LogP contribution in [-0.4, -0.2) is 35.5 Å². The number of carboxylic acid groups (broad SMARTS) is 1. The summed E-state index contributed by atoms with van der Waals surface area (Å²) >= 11 is 0. The minimum absolute atomic E-state index is 0.0574. The first-order chi connectivity index (χ1) is 7.93. The van der Waals surface area contributed by atoms with Gasteiger partial charge in [-0.05, 0) is 19.8 Å². The maximum atomic E-state index is 11.3. The van der Waals surface area contributed by atoms with Crippen LogP contribution >= 0.6 is 0 Å². The number of carbonyl (C=O) groups excluding carboxylic acids is 2. The van der Waals surface area contributed by atoms with Crippen molar-refractivity contribution in [2.24, 2.45) is 0 Å². The predicted molar refractivity (Wildman–Crippen MR) is 62.4 cm³/mol. The van der Waals surface area contributed by atoms with E-state index in [1.807, 2.05) is 0 Å². The minimum Gasteiger partial charge on any atom is -0.480 e.